The molecule has 140 valence electrons. The summed E-state index contributed by atoms with van der Waals surface area (Å²) in [7, 11) is 0. The largest absolute Gasteiger partial charge is 0.418 e. The lowest BCUT2D eigenvalue weighted by Gasteiger charge is -2.11. The van der Waals surface area contributed by atoms with E-state index in [9.17, 15) is 17.6 Å². The van der Waals surface area contributed by atoms with Crippen LogP contribution in [0.4, 0.5) is 23.4 Å². The zero-order chi connectivity index (χ0) is 19.3. The van der Waals surface area contributed by atoms with Crippen LogP contribution < -0.4 is 5.32 Å². The highest BCUT2D eigenvalue weighted by molar-refractivity contribution is 7.26. The molecule has 0 aliphatic carbocycles. The summed E-state index contributed by atoms with van der Waals surface area (Å²) in [6.45, 7) is 1.78. The molecule has 1 aromatic carbocycles. The van der Waals surface area contributed by atoms with Crippen LogP contribution in [0.3, 0.4) is 0 Å². The van der Waals surface area contributed by atoms with Crippen LogP contribution >= 0.6 is 22.9 Å². The van der Waals surface area contributed by atoms with Gasteiger partial charge in [-0.25, -0.2) is 9.37 Å². The van der Waals surface area contributed by atoms with Gasteiger partial charge in [-0.1, -0.05) is 23.7 Å². The lowest BCUT2D eigenvalue weighted by molar-refractivity contribution is -0.136. The van der Waals surface area contributed by atoms with Crippen LogP contribution in [0.15, 0.2) is 24.3 Å². The van der Waals surface area contributed by atoms with Crippen LogP contribution in [0.25, 0.3) is 20.4 Å². The van der Waals surface area contributed by atoms with Crippen LogP contribution in [0.5, 0.6) is 0 Å². The molecule has 0 spiro atoms. The monoisotopic (exact) mass is 414 g/mol. The van der Waals surface area contributed by atoms with Crippen molar-refractivity contribution >= 4 is 49.2 Å². The number of aromatic nitrogens is 3. The summed E-state index contributed by atoms with van der Waals surface area (Å²) < 4.78 is 54.3. The van der Waals surface area contributed by atoms with Gasteiger partial charge in [-0.15, -0.1) is 11.3 Å². The molecule has 0 aliphatic rings. The Kier molecular flexibility index (Phi) is 4.23. The predicted molar refractivity (Wildman–Crippen MR) is 97.7 cm³/mol. The maximum atomic E-state index is 13.6. The Morgan fingerprint density at radius 1 is 1.22 bits per heavy atom. The summed E-state index contributed by atoms with van der Waals surface area (Å²) in [6, 6.07) is 5.90. The molecule has 10 heteroatoms. The molecule has 27 heavy (non-hydrogen) atoms. The average molecular weight is 415 g/mol. The number of anilines is 1. The van der Waals surface area contributed by atoms with E-state index in [1.54, 1.807) is 12.1 Å². The molecule has 0 saturated carbocycles. The summed E-state index contributed by atoms with van der Waals surface area (Å²) in [6.07, 6.45) is -4.62. The molecule has 0 fully saturated rings. The van der Waals surface area contributed by atoms with Gasteiger partial charge in [-0.3, -0.25) is 5.10 Å². The lowest BCUT2D eigenvalue weighted by atomic mass is 10.1. The number of rotatable bonds is 3. The van der Waals surface area contributed by atoms with E-state index in [0.29, 0.717) is 17.1 Å². The SMILES string of the molecule is Cc1nc2sc3c(NCc4ccc(F)cc4)n[nH]c3c2c(C(F)(F)F)c1Cl. The maximum Gasteiger partial charge on any atom is 0.418 e. The summed E-state index contributed by atoms with van der Waals surface area (Å²) in [5.41, 5.74) is 0.251. The Labute approximate surface area is 159 Å². The zero-order valence-electron chi connectivity index (χ0n) is 13.7. The second kappa shape index (κ2) is 6.35. The summed E-state index contributed by atoms with van der Waals surface area (Å²) >= 11 is 7.02. The van der Waals surface area contributed by atoms with E-state index in [0.717, 1.165) is 16.9 Å². The zero-order valence-corrected chi connectivity index (χ0v) is 15.3. The predicted octanol–water partition coefficient (Wildman–Crippen LogP) is 5.90. The third kappa shape index (κ3) is 3.10. The maximum absolute atomic E-state index is 13.6. The minimum absolute atomic E-state index is 0.0829. The number of thiophene rings is 1. The Morgan fingerprint density at radius 3 is 2.59 bits per heavy atom. The van der Waals surface area contributed by atoms with Crippen molar-refractivity contribution in [3.05, 3.63) is 51.9 Å². The van der Waals surface area contributed by atoms with Gasteiger partial charge in [-0.2, -0.15) is 18.3 Å². The topological polar surface area (TPSA) is 53.6 Å². The molecule has 0 amide bonds. The number of fused-ring (bicyclic) bond motifs is 3. The molecular weight excluding hydrogens is 404 g/mol. The number of aryl methyl sites for hydroxylation is 1. The second-order valence-corrected chi connectivity index (χ2v) is 7.30. The molecule has 0 saturated heterocycles. The van der Waals surface area contributed by atoms with Gasteiger partial charge >= 0.3 is 6.18 Å². The van der Waals surface area contributed by atoms with Crippen LogP contribution in [0.2, 0.25) is 5.02 Å². The average Bonchev–Trinajstić information content (AvgIpc) is 3.13. The summed E-state index contributed by atoms with van der Waals surface area (Å²) in [4.78, 5) is 4.43. The molecule has 4 rings (SSSR count). The van der Waals surface area contributed by atoms with E-state index in [-0.39, 0.29) is 27.2 Å². The van der Waals surface area contributed by atoms with Crippen LogP contribution in [-0.2, 0) is 12.7 Å². The first-order valence-electron chi connectivity index (χ1n) is 7.78. The number of nitrogens with zero attached hydrogens (tertiary/aromatic N) is 2. The van der Waals surface area contributed by atoms with Gasteiger partial charge in [0.25, 0.3) is 0 Å². The molecule has 0 aliphatic heterocycles. The van der Waals surface area contributed by atoms with Crippen molar-refractivity contribution in [1.82, 2.24) is 15.2 Å². The lowest BCUT2D eigenvalue weighted by Crippen LogP contribution is -2.08. The number of nitrogens with one attached hydrogen (secondary N) is 2. The Balaban J connectivity index is 1.80. The van der Waals surface area contributed by atoms with E-state index < -0.39 is 16.8 Å². The number of H-pyrrole nitrogens is 1. The molecule has 4 nitrogen and oxygen atoms in total. The molecule has 2 N–H and O–H groups in total. The van der Waals surface area contributed by atoms with Gasteiger partial charge in [0, 0.05) is 6.54 Å². The van der Waals surface area contributed by atoms with Crippen molar-refractivity contribution in [1.29, 1.82) is 0 Å². The highest BCUT2D eigenvalue weighted by atomic mass is 35.5. The molecular formula is C17H11ClF4N4S. The summed E-state index contributed by atoms with van der Waals surface area (Å²) in [5, 5.41) is 9.29. The van der Waals surface area contributed by atoms with Crippen molar-refractivity contribution in [2.75, 3.05) is 5.32 Å². The molecule has 3 heterocycles. The molecule has 0 atom stereocenters. The van der Waals surface area contributed by atoms with Crippen LogP contribution in [0.1, 0.15) is 16.8 Å². The van der Waals surface area contributed by atoms with E-state index >= 15 is 0 Å². The number of halogens is 5. The van der Waals surface area contributed by atoms with Crippen molar-refractivity contribution in [3.8, 4) is 0 Å². The molecule has 0 bridgehead atoms. The minimum atomic E-state index is -4.62. The first kappa shape index (κ1) is 18.0. The standard InChI is InChI=1S/C17H11ClF4N4S/c1-7-12(18)11(17(20,21)22)10-13-14(27-16(10)24-7)15(26-25-13)23-6-8-2-4-9(19)5-3-8/h2-5H,6H2,1H3,(H2,23,25,26). The van der Waals surface area contributed by atoms with Crippen molar-refractivity contribution in [2.24, 2.45) is 0 Å². The molecule has 0 unspecified atom stereocenters. The van der Waals surface area contributed by atoms with E-state index in [1.807, 2.05) is 0 Å². The van der Waals surface area contributed by atoms with Crippen molar-refractivity contribution in [3.63, 3.8) is 0 Å². The van der Waals surface area contributed by atoms with Gasteiger partial charge in [0.05, 0.1) is 31.9 Å². The number of pyridine rings is 1. The number of alkyl halides is 3. The van der Waals surface area contributed by atoms with Crippen LogP contribution in [-0.4, -0.2) is 15.2 Å². The normalized spacial score (nSPS) is 12.2. The molecule has 3 aromatic heterocycles. The van der Waals surface area contributed by atoms with Gasteiger partial charge in [0.2, 0.25) is 0 Å². The van der Waals surface area contributed by atoms with E-state index in [1.165, 1.54) is 19.1 Å². The summed E-state index contributed by atoms with van der Waals surface area (Å²) in [5.74, 6) is 0.0580. The Morgan fingerprint density at radius 2 is 1.93 bits per heavy atom. The smallest absolute Gasteiger partial charge is 0.363 e. The van der Waals surface area contributed by atoms with Gasteiger partial charge in [0.1, 0.15) is 10.6 Å². The number of hydrogen-bond acceptors (Lipinski definition) is 4. The van der Waals surface area contributed by atoms with Gasteiger partial charge < -0.3 is 5.32 Å². The fourth-order valence-corrected chi connectivity index (χ4v) is 4.22. The third-order valence-electron chi connectivity index (χ3n) is 4.10. The van der Waals surface area contributed by atoms with Gasteiger partial charge in [0.15, 0.2) is 5.82 Å². The number of hydrogen-bond donors (Lipinski definition) is 2. The third-order valence-corrected chi connectivity index (χ3v) is 5.65. The highest BCUT2D eigenvalue weighted by Crippen LogP contribution is 2.46. The molecule has 4 aromatic rings. The quantitative estimate of drug-likeness (QED) is 0.410. The fraction of sp³-hybridized carbons (Fsp3) is 0.176. The first-order chi connectivity index (χ1) is 12.8. The Hall–Kier alpha value is -2.39. The highest BCUT2D eigenvalue weighted by Gasteiger charge is 2.38. The first-order valence-corrected chi connectivity index (χ1v) is 8.97. The van der Waals surface area contributed by atoms with Crippen molar-refractivity contribution < 1.29 is 17.6 Å². The van der Waals surface area contributed by atoms with E-state index in [4.69, 9.17) is 11.6 Å². The fourth-order valence-electron chi connectivity index (χ4n) is 2.83. The number of aromatic amines is 1. The molecule has 0 radical (unpaired) electrons. The number of benzene rings is 1. The van der Waals surface area contributed by atoms with Gasteiger partial charge in [-0.05, 0) is 24.6 Å². The van der Waals surface area contributed by atoms with Crippen molar-refractivity contribution in [2.45, 2.75) is 19.6 Å². The minimum Gasteiger partial charge on any atom is -0.363 e. The second-order valence-electron chi connectivity index (χ2n) is 5.92. The van der Waals surface area contributed by atoms with E-state index in [2.05, 4.69) is 20.5 Å². The Bertz CT molecular complexity index is 1150. The van der Waals surface area contributed by atoms with Crippen LogP contribution in [0, 0.1) is 12.7 Å².